The van der Waals surface area contributed by atoms with Gasteiger partial charge in [0, 0.05) is 33.3 Å². The lowest BCUT2D eigenvalue weighted by Crippen LogP contribution is -2.23. The second kappa shape index (κ2) is 9.93. The molecule has 0 unspecified atom stereocenters. The van der Waals surface area contributed by atoms with Gasteiger partial charge in [0.25, 0.3) is 0 Å². The number of aromatic nitrogens is 2. The smallest absolute Gasteiger partial charge is 0.173 e. The van der Waals surface area contributed by atoms with E-state index >= 15 is 0 Å². The van der Waals surface area contributed by atoms with Crippen molar-refractivity contribution in [2.24, 2.45) is 0 Å². The van der Waals surface area contributed by atoms with Gasteiger partial charge in [-0.05, 0) is 90.4 Å². The number of anilines is 6. The maximum atomic E-state index is 6.10. The SMILES string of the molecule is c1ccc(N2c3ccccc3N(c3ccc(-c4nc(-c5ccc6c(c5)oc5ccccc56)ns4)cc3)c3ccccc32)cc1. The lowest BCUT2D eigenvalue weighted by atomic mass is 10.0. The number of furan rings is 1. The van der Waals surface area contributed by atoms with Crippen molar-refractivity contribution in [1.82, 2.24) is 9.36 Å². The van der Waals surface area contributed by atoms with Crippen LogP contribution in [0.3, 0.4) is 0 Å². The number of rotatable bonds is 4. The average molecular weight is 585 g/mol. The first-order valence-corrected chi connectivity index (χ1v) is 15.3. The standard InChI is InChI=1S/C38H24N4OS/c1-2-10-27(11-3-1)41-31-13-5-7-15-33(31)42(34-16-8-6-14-32(34)41)28-21-18-25(19-22-28)38-39-37(40-44-38)26-20-23-30-29-12-4-9-17-35(29)43-36(30)24-26/h1-24H. The summed E-state index contributed by atoms with van der Waals surface area (Å²) in [7, 11) is 0. The molecule has 0 saturated carbocycles. The molecule has 6 aromatic carbocycles. The van der Waals surface area contributed by atoms with Gasteiger partial charge in [-0.3, -0.25) is 0 Å². The van der Waals surface area contributed by atoms with E-state index in [4.69, 9.17) is 13.8 Å². The third kappa shape index (κ3) is 3.92. The summed E-state index contributed by atoms with van der Waals surface area (Å²) in [6.45, 7) is 0. The molecule has 1 aliphatic rings. The summed E-state index contributed by atoms with van der Waals surface area (Å²) in [6, 6.07) is 50.6. The Labute approximate surface area is 258 Å². The van der Waals surface area contributed by atoms with Gasteiger partial charge < -0.3 is 14.2 Å². The average Bonchev–Trinajstić information content (AvgIpc) is 3.73. The maximum absolute atomic E-state index is 6.10. The molecule has 0 N–H and O–H groups in total. The topological polar surface area (TPSA) is 45.4 Å². The molecule has 0 fully saturated rings. The van der Waals surface area contributed by atoms with E-state index in [2.05, 4.69) is 131 Å². The largest absolute Gasteiger partial charge is 0.456 e. The maximum Gasteiger partial charge on any atom is 0.173 e. The zero-order valence-electron chi connectivity index (χ0n) is 23.5. The Hall–Kier alpha value is -5.72. The van der Waals surface area contributed by atoms with Crippen LogP contribution in [0.1, 0.15) is 0 Å². The van der Waals surface area contributed by atoms with E-state index in [0.29, 0.717) is 5.82 Å². The first-order valence-electron chi connectivity index (χ1n) is 14.5. The quantitative estimate of drug-likeness (QED) is 0.206. The molecule has 0 bridgehead atoms. The molecule has 5 nitrogen and oxygen atoms in total. The van der Waals surface area contributed by atoms with E-state index in [9.17, 15) is 0 Å². The molecule has 0 aliphatic carbocycles. The van der Waals surface area contributed by atoms with Crippen molar-refractivity contribution in [3.05, 3.63) is 146 Å². The van der Waals surface area contributed by atoms with Crippen LogP contribution in [-0.2, 0) is 0 Å². The van der Waals surface area contributed by atoms with Crippen LogP contribution in [0.2, 0.25) is 0 Å². The summed E-state index contributed by atoms with van der Waals surface area (Å²) < 4.78 is 10.8. The minimum Gasteiger partial charge on any atom is -0.456 e. The van der Waals surface area contributed by atoms with Gasteiger partial charge in [-0.1, -0.05) is 66.7 Å². The molecule has 0 atom stereocenters. The van der Waals surface area contributed by atoms with Crippen molar-refractivity contribution < 1.29 is 4.42 Å². The van der Waals surface area contributed by atoms with Crippen LogP contribution < -0.4 is 9.80 Å². The molecule has 2 aromatic heterocycles. The number of fused-ring (bicyclic) bond motifs is 5. The van der Waals surface area contributed by atoms with Gasteiger partial charge in [-0.15, -0.1) is 0 Å². The Bertz CT molecular complexity index is 2260. The molecule has 8 aromatic rings. The number of para-hydroxylation sites is 6. The monoisotopic (exact) mass is 584 g/mol. The molecule has 208 valence electrons. The van der Waals surface area contributed by atoms with Gasteiger partial charge in [0.1, 0.15) is 16.2 Å². The van der Waals surface area contributed by atoms with Crippen molar-refractivity contribution in [2.75, 3.05) is 9.80 Å². The van der Waals surface area contributed by atoms with E-state index in [-0.39, 0.29) is 0 Å². The zero-order chi connectivity index (χ0) is 29.0. The summed E-state index contributed by atoms with van der Waals surface area (Å²) in [6.07, 6.45) is 0. The summed E-state index contributed by atoms with van der Waals surface area (Å²) in [4.78, 5) is 9.58. The lowest BCUT2D eigenvalue weighted by molar-refractivity contribution is 0.669. The highest BCUT2D eigenvalue weighted by molar-refractivity contribution is 7.09. The van der Waals surface area contributed by atoms with E-state index < -0.39 is 0 Å². The van der Waals surface area contributed by atoms with Gasteiger partial charge in [0.2, 0.25) is 0 Å². The first kappa shape index (κ1) is 24.8. The van der Waals surface area contributed by atoms with Crippen molar-refractivity contribution in [1.29, 1.82) is 0 Å². The third-order valence-electron chi connectivity index (χ3n) is 8.18. The first-order chi connectivity index (χ1) is 21.8. The van der Waals surface area contributed by atoms with Crippen LogP contribution in [0, 0.1) is 0 Å². The van der Waals surface area contributed by atoms with E-state index in [1.807, 2.05) is 24.3 Å². The molecule has 9 rings (SSSR count). The molecular weight excluding hydrogens is 561 g/mol. The molecule has 0 amide bonds. The molecule has 44 heavy (non-hydrogen) atoms. The normalized spacial score (nSPS) is 12.5. The Balaban J connectivity index is 1.07. The van der Waals surface area contributed by atoms with Crippen LogP contribution in [0.15, 0.2) is 150 Å². The fourth-order valence-corrected chi connectivity index (χ4v) is 6.84. The molecular formula is C38H24N4OS. The second-order valence-electron chi connectivity index (χ2n) is 10.8. The molecule has 0 radical (unpaired) electrons. The number of benzene rings is 6. The molecule has 1 aliphatic heterocycles. The third-order valence-corrected chi connectivity index (χ3v) is 8.94. The minimum absolute atomic E-state index is 0.705. The van der Waals surface area contributed by atoms with Gasteiger partial charge in [-0.2, -0.15) is 4.37 Å². The highest BCUT2D eigenvalue weighted by Gasteiger charge is 2.30. The second-order valence-corrected chi connectivity index (χ2v) is 11.5. The van der Waals surface area contributed by atoms with Crippen LogP contribution in [0.4, 0.5) is 34.1 Å². The summed E-state index contributed by atoms with van der Waals surface area (Å²) in [5, 5.41) is 3.10. The molecule has 6 heteroatoms. The molecule has 0 spiro atoms. The summed E-state index contributed by atoms with van der Waals surface area (Å²) in [5.41, 5.74) is 10.5. The minimum atomic E-state index is 0.705. The van der Waals surface area contributed by atoms with Crippen LogP contribution in [0.5, 0.6) is 0 Å². The summed E-state index contributed by atoms with van der Waals surface area (Å²) >= 11 is 1.41. The van der Waals surface area contributed by atoms with Gasteiger partial charge in [-0.25, -0.2) is 4.98 Å². The van der Waals surface area contributed by atoms with Crippen LogP contribution in [0.25, 0.3) is 43.9 Å². The Morgan fingerprint density at radius 1 is 0.477 bits per heavy atom. The van der Waals surface area contributed by atoms with Gasteiger partial charge in [0.05, 0.1) is 22.7 Å². The fraction of sp³-hybridized carbons (Fsp3) is 0. The fourth-order valence-electron chi connectivity index (χ4n) is 6.15. The van der Waals surface area contributed by atoms with Crippen molar-refractivity contribution >= 4 is 67.6 Å². The molecule has 3 heterocycles. The lowest BCUT2D eigenvalue weighted by Gasteiger charge is -2.40. The number of hydrogen-bond donors (Lipinski definition) is 0. The predicted octanol–water partition coefficient (Wildman–Crippen LogP) is 11.0. The Morgan fingerprint density at radius 2 is 1.02 bits per heavy atom. The number of hydrogen-bond acceptors (Lipinski definition) is 6. The highest BCUT2D eigenvalue weighted by atomic mass is 32.1. The summed E-state index contributed by atoms with van der Waals surface area (Å²) in [5.74, 6) is 0.705. The number of nitrogens with zero attached hydrogens (tertiary/aromatic N) is 4. The van der Waals surface area contributed by atoms with Crippen molar-refractivity contribution in [2.45, 2.75) is 0 Å². The Morgan fingerprint density at radius 3 is 1.70 bits per heavy atom. The van der Waals surface area contributed by atoms with Crippen molar-refractivity contribution in [3.63, 3.8) is 0 Å². The van der Waals surface area contributed by atoms with Gasteiger partial charge in [0.15, 0.2) is 5.82 Å². The highest BCUT2D eigenvalue weighted by Crippen LogP contribution is 2.53. The Kier molecular flexibility index (Phi) is 5.61. The van der Waals surface area contributed by atoms with Crippen molar-refractivity contribution in [3.8, 4) is 22.0 Å². The van der Waals surface area contributed by atoms with E-state index in [0.717, 1.165) is 72.2 Å². The molecule has 0 saturated heterocycles. The zero-order valence-corrected chi connectivity index (χ0v) is 24.3. The van der Waals surface area contributed by atoms with Crippen LogP contribution in [-0.4, -0.2) is 9.36 Å². The van der Waals surface area contributed by atoms with Crippen LogP contribution >= 0.6 is 11.5 Å². The van der Waals surface area contributed by atoms with E-state index in [1.165, 1.54) is 11.5 Å². The van der Waals surface area contributed by atoms with Gasteiger partial charge >= 0.3 is 0 Å². The van der Waals surface area contributed by atoms with E-state index in [1.54, 1.807) is 0 Å². The predicted molar refractivity (Wildman–Crippen MR) is 181 cm³/mol.